The lowest BCUT2D eigenvalue weighted by Crippen LogP contribution is -2.18. The summed E-state index contributed by atoms with van der Waals surface area (Å²) in [4.78, 5) is 0. The van der Waals surface area contributed by atoms with Crippen LogP contribution in [0.3, 0.4) is 0 Å². The van der Waals surface area contributed by atoms with Crippen molar-refractivity contribution in [1.29, 1.82) is 0 Å². The van der Waals surface area contributed by atoms with Gasteiger partial charge in [0.15, 0.2) is 0 Å². The molecule has 1 aromatic rings. The highest BCUT2D eigenvalue weighted by atomic mass is 14.8. The Kier molecular flexibility index (Phi) is 1.52. The van der Waals surface area contributed by atoms with E-state index in [4.69, 9.17) is 5.73 Å². The fraction of sp³-hybridized carbons (Fsp3) is 0.455. The van der Waals surface area contributed by atoms with Gasteiger partial charge in [-0.25, -0.2) is 0 Å². The van der Waals surface area contributed by atoms with Crippen molar-refractivity contribution in [2.24, 2.45) is 5.73 Å². The molecular formula is C11H15N. The molecule has 0 radical (unpaired) electrons. The van der Waals surface area contributed by atoms with E-state index in [1.807, 2.05) is 0 Å². The van der Waals surface area contributed by atoms with Crippen LogP contribution in [0.4, 0.5) is 0 Å². The predicted molar refractivity (Wildman–Crippen MR) is 51.1 cm³/mol. The Morgan fingerprint density at radius 3 is 2.67 bits per heavy atom. The molecule has 1 saturated carbocycles. The fourth-order valence-corrected chi connectivity index (χ4v) is 1.77. The summed E-state index contributed by atoms with van der Waals surface area (Å²) < 4.78 is 0. The molecule has 1 heteroatoms. The van der Waals surface area contributed by atoms with E-state index in [9.17, 15) is 0 Å². The summed E-state index contributed by atoms with van der Waals surface area (Å²) >= 11 is 0. The van der Waals surface area contributed by atoms with Crippen molar-refractivity contribution in [3.8, 4) is 0 Å². The third-order valence-corrected chi connectivity index (χ3v) is 2.72. The maximum Gasteiger partial charge on any atom is 0.0202 e. The Bertz CT molecular complexity index is 302. The highest BCUT2D eigenvalue weighted by Crippen LogP contribution is 2.48. The molecule has 1 aliphatic rings. The van der Waals surface area contributed by atoms with E-state index in [2.05, 4.69) is 38.1 Å². The van der Waals surface area contributed by atoms with Crippen LogP contribution < -0.4 is 5.73 Å². The van der Waals surface area contributed by atoms with Gasteiger partial charge >= 0.3 is 0 Å². The molecule has 2 rings (SSSR count). The van der Waals surface area contributed by atoms with Crippen LogP contribution in [-0.4, -0.2) is 5.54 Å². The summed E-state index contributed by atoms with van der Waals surface area (Å²) in [5, 5.41) is 0. The van der Waals surface area contributed by atoms with Gasteiger partial charge in [0.1, 0.15) is 0 Å². The normalized spacial score (nSPS) is 33.4. The highest BCUT2D eigenvalue weighted by molar-refractivity contribution is 5.34. The summed E-state index contributed by atoms with van der Waals surface area (Å²) in [5.74, 6) is 0.595. The summed E-state index contributed by atoms with van der Waals surface area (Å²) in [6.45, 7) is 4.25. The largest absolute Gasteiger partial charge is 0.325 e. The van der Waals surface area contributed by atoms with E-state index in [1.165, 1.54) is 11.1 Å². The van der Waals surface area contributed by atoms with Crippen molar-refractivity contribution in [3.63, 3.8) is 0 Å². The number of hydrogen-bond donors (Lipinski definition) is 1. The van der Waals surface area contributed by atoms with Crippen molar-refractivity contribution in [2.75, 3.05) is 0 Å². The van der Waals surface area contributed by atoms with E-state index >= 15 is 0 Å². The number of aryl methyl sites for hydroxylation is 1. The standard InChI is InChI=1S/C11H15N/c1-8-4-3-5-9(6-8)10-7-11(10,2)12/h3-6,10H,7,12H2,1-2H3. The average Bonchev–Trinajstić information content (AvgIpc) is 2.60. The second-order valence-electron chi connectivity index (χ2n) is 4.18. The van der Waals surface area contributed by atoms with Crippen LogP contribution in [0.25, 0.3) is 0 Å². The van der Waals surface area contributed by atoms with Crippen molar-refractivity contribution in [1.82, 2.24) is 0 Å². The zero-order valence-corrected chi connectivity index (χ0v) is 7.67. The van der Waals surface area contributed by atoms with Crippen LogP contribution in [0.5, 0.6) is 0 Å². The third-order valence-electron chi connectivity index (χ3n) is 2.72. The van der Waals surface area contributed by atoms with E-state index in [1.54, 1.807) is 0 Å². The van der Waals surface area contributed by atoms with Gasteiger partial charge < -0.3 is 5.73 Å². The number of benzene rings is 1. The van der Waals surface area contributed by atoms with Gasteiger partial charge in [-0.05, 0) is 25.8 Å². The van der Waals surface area contributed by atoms with Crippen LogP contribution in [0.2, 0.25) is 0 Å². The van der Waals surface area contributed by atoms with Crippen molar-refractivity contribution >= 4 is 0 Å². The molecule has 0 heterocycles. The van der Waals surface area contributed by atoms with Crippen molar-refractivity contribution in [2.45, 2.75) is 31.7 Å². The second kappa shape index (κ2) is 2.33. The zero-order chi connectivity index (χ0) is 8.77. The molecule has 2 unspecified atom stereocenters. The monoisotopic (exact) mass is 161 g/mol. The first-order valence-electron chi connectivity index (χ1n) is 4.45. The van der Waals surface area contributed by atoms with Gasteiger partial charge in [0.2, 0.25) is 0 Å². The van der Waals surface area contributed by atoms with E-state index < -0.39 is 0 Å². The van der Waals surface area contributed by atoms with E-state index in [-0.39, 0.29) is 5.54 Å². The van der Waals surface area contributed by atoms with E-state index in [0.717, 1.165) is 6.42 Å². The molecule has 2 N–H and O–H groups in total. The molecule has 1 aliphatic carbocycles. The molecule has 0 amide bonds. The van der Waals surface area contributed by atoms with Crippen molar-refractivity contribution in [3.05, 3.63) is 35.4 Å². The van der Waals surface area contributed by atoms with Gasteiger partial charge in [0, 0.05) is 11.5 Å². The lowest BCUT2D eigenvalue weighted by Gasteiger charge is -2.04. The summed E-state index contributed by atoms with van der Waals surface area (Å²) in [6.07, 6.45) is 1.14. The number of rotatable bonds is 1. The lowest BCUT2D eigenvalue weighted by molar-refractivity contribution is 0.727. The van der Waals surface area contributed by atoms with Gasteiger partial charge in [0.05, 0.1) is 0 Å². The topological polar surface area (TPSA) is 26.0 Å². The zero-order valence-electron chi connectivity index (χ0n) is 7.67. The maximum atomic E-state index is 5.99. The quantitative estimate of drug-likeness (QED) is 0.671. The van der Waals surface area contributed by atoms with Gasteiger partial charge in [-0.3, -0.25) is 0 Å². The van der Waals surface area contributed by atoms with Gasteiger partial charge in [-0.15, -0.1) is 0 Å². The number of hydrogen-bond acceptors (Lipinski definition) is 1. The molecule has 0 bridgehead atoms. The Balaban J connectivity index is 2.26. The first-order valence-corrected chi connectivity index (χ1v) is 4.45. The third kappa shape index (κ3) is 1.25. The Morgan fingerprint density at radius 2 is 2.17 bits per heavy atom. The molecular weight excluding hydrogens is 146 g/mol. The summed E-state index contributed by atoms with van der Waals surface area (Å²) in [5.41, 5.74) is 8.79. The molecule has 0 aliphatic heterocycles. The summed E-state index contributed by atoms with van der Waals surface area (Å²) in [7, 11) is 0. The minimum Gasteiger partial charge on any atom is -0.325 e. The first kappa shape index (κ1) is 7.81. The average molecular weight is 161 g/mol. The molecule has 1 fully saturated rings. The minimum atomic E-state index is 0.0633. The number of nitrogens with two attached hydrogens (primary N) is 1. The molecule has 2 atom stereocenters. The van der Waals surface area contributed by atoms with Crippen LogP contribution in [-0.2, 0) is 0 Å². The second-order valence-corrected chi connectivity index (χ2v) is 4.18. The molecule has 0 saturated heterocycles. The lowest BCUT2D eigenvalue weighted by atomic mass is 10.1. The molecule has 0 aromatic heterocycles. The first-order chi connectivity index (χ1) is 5.59. The van der Waals surface area contributed by atoms with Crippen LogP contribution in [0.15, 0.2) is 24.3 Å². The minimum absolute atomic E-state index is 0.0633. The maximum absolute atomic E-state index is 5.99. The van der Waals surface area contributed by atoms with Gasteiger partial charge in [0.25, 0.3) is 0 Å². The van der Waals surface area contributed by atoms with E-state index in [0.29, 0.717) is 5.92 Å². The Hall–Kier alpha value is -0.820. The fourth-order valence-electron chi connectivity index (χ4n) is 1.77. The molecule has 1 nitrogen and oxygen atoms in total. The van der Waals surface area contributed by atoms with Crippen molar-refractivity contribution < 1.29 is 0 Å². The molecule has 12 heavy (non-hydrogen) atoms. The van der Waals surface area contributed by atoms with Crippen LogP contribution >= 0.6 is 0 Å². The predicted octanol–water partition coefficient (Wildman–Crippen LogP) is 2.20. The van der Waals surface area contributed by atoms with Gasteiger partial charge in [-0.1, -0.05) is 29.8 Å². The molecule has 64 valence electrons. The van der Waals surface area contributed by atoms with Crippen LogP contribution in [0.1, 0.15) is 30.4 Å². The van der Waals surface area contributed by atoms with Crippen LogP contribution in [0, 0.1) is 6.92 Å². The molecule has 1 aromatic carbocycles. The smallest absolute Gasteiger partial charge is 0.0202 e. The summed E-state index contributed by atoms with van der Waals surface area (Å²) in [6, 6.07) is 8.65. The SMILES string of the molecule is Cc1cccc(C2CC2(C)N)c1. The highest BCUT2D eigenvalue weighted by Gasteiger charge is 2.47. The van der Waals surface area contributed by atoms with Gasteiger partial charge in [-0.2, -0.15) is 0 Å². The Labute approximate surface area is 73.6 Å². The molecule has 0 spiro atoms. The Morgan fingerprint density at radius 1 is 1.50 bits per heavy atom.